The lowest BCUT2D eigenvalue weighted by Crippen LogP contribution is -2.16. The van der Waals surface area contributed by atoms with E-state index < -0.39 is 0 Å². The number of anilines is 1. The van der Waals surface area contributed by atoms with E-state index in [2.05, 4.69) is 47.8 Å². The molecule has 0 spiro atoms. The standard InChI is InChI=1S/C18H26N4OS/c1-11(2)17-20-21-18(22(17)12(3)4)24-10-16(23)19-15-9-13(5)7-8-14(15)6/h7-9,11-12H,10H2,1-6H3,(H,19,23). The molecule has 2 rings (SSSR count). The summed E-state index contributed by atoms with van der Waals surface area (Å²) in [5.74, 6) is 1.55. The molecular formula is C18H26N4OS. The Morgan fingerprint density at radius 3 is 2.54 bits per heavy atom. The van der Waals surface area contributed by atoms with E-state index in [0.717, 1.165) is 27.8 Å². The van der Waals surface area contributed by atoms with Gasteiger partial charge < -0.3 is 9.88 Å². The third kappa shape index (κ3) is 4.38. The minimum atomic E-state index is -0.0295. The molecule has 130 valence electrons. The van der Waals surface area contributed by atoms with Crippen molar-refractivity contribution in [2.45, 2.75) is 58.7 Å². The Morgan fingerprint density at radius 2 is 1.92 bits per heavy atom. The van der Waals surface area contributed by atoms with Crippen molar-refractivity contribution in [3.63, 3.8) is 0 Å². The maximum atomic E-state index is 12.3. The van der Waals surface area contributed by atoms with Crippen LogP contribution in [0.1, 0.15) is 56.6 Å². The lowest BCUT2D eigenvalue weighted by molar-refractivity contribution is -0.113. The van der Waals surface area contributed by atoms with Gasteiger partial charge in [0.05, 0.1) is 5.75 Å². The molecule has 0 aliphatic rings. The van der Waals surface area contributed by atoms with Crippen LogP contribution in [0.3, 0.4) is 0 Å². The van der Waals surface area contributed by atoms with Gasteiger partial charge in [0.1, 0.15) is 5.82 Å². The van der Waals surface area contributed by atoms with Gasteiger partial charge in [0.25, 0.3) is 0 Å². The number of hydrogen-bond donors (Lipinski definition) is 1. The predicted octanol–water partition coefficient (Wildman–Crippen LogP) is 4.33. The summed E-state index contributed by atoms with van der Waals surface area (Å²) < 4.78 is 2.11. The second-order valence-corrected chi connectivity index (χ2v) is 7.56. The number of amides is 1. The molecule has 0 bridgehead atoms. The zero-order valence-electron chi connectivity index (χ0n) is 15.3. The minimum absolute atomic E-state index is 0.0295. The summed E-state index contributed by atoms with van der Waals surface area (Å²) in [5.41, 5.74) is 3.06. The molecule has 24 heavy (non-hydrogen) atoms. The number of aryl methyl sites for hydroxylation is 2. The van der Waals surface area contributed by atoms with Gasteiger partial charge in [0, 0.05) is 17.6 Å². The van der Waals surface area contributed by atoms with Gasteiger partial charge in [0.2, 0.25) is 5.91 Å². The highest BCUT2D eigenvalue weighted by atomic mass is 32.2. The number of thioether (sulfide) groups is 1. The average molecular weight is 347 g/mol. The van der Waals surface area contributed by atoms with E-state index in [1.165, 1.54) is 11.8 Å². The Hall–Kier alpha value is -1.82. The van der Waals surface area contributed by atoms with E-state index in [-0.39, 0.29) is 11.9 Å². The maximum absolute atomic E-state index is 12.3. The van der Waals surface area contributed by atoms with Crippen LogP contribution in [0.25, 0.3) is 0 Å². The molecule has 6 heteroatoms. The van der Waals surface area contributed by atoms with Crippen LogP contribution in [0.15, 0.2) is 23.4 Å². The molecule has 5 nitrogen and oxygen atoms in total. The Labute approximate surface area is 148 Å². The molecule has 0 aliphatic carbocycles. The zero-order chi connectivity index (χ0) is 17.9. The van der Waals surface area contributed by atoms with Crippen molar-refractivity contribution in [3.8, 4) is 0 Å². The Kier molecular flexibility index (Phi) is 6.04. The van der Waals surface area contributed by atoms with Crippen LogP contribution in [0.5, 0.6) is 0 Å². The van der Waals surface area contributed by atoms with E-state index in [4.69, 9.17) is 0 Å². The predicted molar refractivity (Wildman–Crippen MR) is 99.8 cm³/mol. The van der Waals surface area contributed by atoms with Gasteiger partial charge in [-0.1, -0.05) is 37.7 Å². The van der Waals surface area contributed by atoms with Crippen LogP contribution in [-0.4, -0.2) is 26.4 Å². The van der Waals surface area contributed by atoms with Crippen molar-refractivity contribution in [3.05, 3.63) is 35.2 Å². The average Bonchev–Trinajstić information content (AvgIpc) is 2.93. The highest BCUT2D eigenvalue weighted by Gasteiger charge is 2.18. The van der Waals surface area contributed by atoms with Crippen LogP contribution in [0.2, 0.25) is 0 Å². The molecule has 2 aromatic rings. The van der Waals surface area contributed by atoms with Gasteiger partial charge in [-0.2, -0.15) is 0 Å². The van der Waals surface area contributed by atoms with Crippen molar-refractivity contribution in [1.29, 1.82) is 0 Å². The third-order valence-corrected chi connectivity index (χ3v) is 4.67. The molecule has 0 atom stereocenters. The molecule has 1 amide bonds. The van der Waals surface area contributed by atoms with Crippen molar-refractivity contribution in [2.75, 3.05) is 11.1 Å². The summed E-state index contributed by atoms with van der Waals surface area (Å²) >= 11 is 1.43. The van der Waals surface area contributed by atoms with E-state index in [1.807, 2.05) is 32.0 Å². The van der Waals surface area contributed by atoms with Crippen LogP contribution in [0.4, 0.5) is 5.69 Å². The molecule has 1 aromatic heterocycles. The van der Waals surface area contributed by atoms with Crippen molar-refractivity contribution >= 4 is 23.4 Å². The topological polar surface area (TPSA) is 59.8 Å². The lowest BCUT2D eigenvalue weighted by atomic mass is 10.1. The Morgan fingerprint density at radius 1 is 1.21 bits per heavy atom. The first-order valence-electron chi connectivity index (χ1n) is 8.24. The number of aromatic nitrogens is 3. The second-order valence-electron chi connectivity index (χ2n) is 6.61. The summed E-state index contributed by atoms with van der Waals surface area (Å²) in [4.78, 5) is 12.3. The fourth-order valence-corrected chi connectivity index (χ4v) is 3.33. The number of hydrogen-bond acceptors (Lipinski definition) is 4. The van der Waals surface area contributed by atoms with Gasteiger partial charge in [-0.05, 0) is 44.9 Å². The Bertz CT molecular complexity index is 722. The first-order valence-corrected chi connectivity index (χ1v) is 9.22. The first-order chi connectivity index (χ1) is 11.3. The number of carbonyl (C=O) groups excluding carboxylic acids is 1. The number of nitrogens with zero attached hydrogens (tertiary/aromatic N) is 3. The fraction of sp³-hybridized carbons (Fsp3) is 0.500. The van der Waals surface area contributed by atoms with Crippen molar-refractivity contribution in [2.24, 2.45) is 0 Å². The molecule has 0 fully saturated rings. The summed E-state index contributed by atoms with van der Waals surface area (Å²) in [6, 6.07) is 6.31. The van der Waals surface area contributed by atoms with Gasteiger partial charge in [-0.3, -0.25) is 4.79 Å². The van der Waals surface area contributed by atoms with Crippen LogP contribution < -0.4 is 5.32 Å². The first kappa shape index (κ1) is 18.5. The van der Waals surface area contributed by atoms with Crippen molar-refractivity contribution < 1.29 is 4.79 Å². The normalized spacial score (nSPS) is 11.3. The van der Waals surface area contributed by atoms with Gasteiger partial charge in [-0.25, -0.2) is 0 Å². The number of carbonyl (C=O) groups is 1. The number of rotatable bonds is 6. The smallest absolute Gasteiger partial charge is 0.234 e. The zero-order valence-corrected chi connectivity index (χ0v) is 16.1. The molecule has 0 aliphatic heterocycles. The Balaban J connectivity index is 2.05. The molecule has 0 saturated carbocycles. The molecule has 0 unspecified atom stereocenters. The number of nitrogens with one attached hydrogen (secondary N) is 1. The minimum Gasteiger partial charge on any atom is -0.325 e. The lowest BCUT2D eigenvalue weighted by Gasteiger charge is -2.15. The highest BCUT2D eigenvalue weighted by molar-refractivity contribution is 7.99. The van der Waals surface area contributed by atoms with E-state index in [1.54, 1.807) is 0 Å². The summed E-state index contributed by atoms with van der Waals surface area (Å²) in [6.45, 7) is 12.4. The highest BCUT2D eigenvalue weighted by Crippen LogP contribution is 2.25. The van der Waals surface area contributed by atoms with Gasteiger partial charge in [0.15, 0.2) is 5.16 Å². The van der Waals surface area contributed by atoms with Gasteiger partial charge in [-0.15, -0.1) is 10.2 Å². The largest absolute Gasteiger partial charge is 0.325 e. The molecule has 1 aromatic carbocycles. The quantitative estimate of drug-likeness (QED) is 0.791. The van der Waals surface area contributed by atoms with Crippen LogP contribution >= 0.6 is 11.8 Å². The maximum Gasteiger partial charge on any atom is 0.234 e. The van der Waals surface area contributed by atoms with E-state index in [0.29, 0.717) is 11.7 Å². The molecule has 0 saturated heterocycles. The van der Waals surface area contributed by atoms with Crippen molar-refractivity contribution in [1.82, 2.24) is 14.8 Å². The fourth-order valence-electron chi connectivity index (χ4n) is 2.45. The van der Waals surface area contributed by atoms with Gasteiger partial charge >= 0.3 is 0 Å². The molecule has 0 radical (unpaired) electrons. The monoisotopic (exact) mass is 346 g/mol. The summed E-state index contributed by atoms with van der Waals surface area (Å²) in [5, 5.41) is 12.3. The molecular weight excluding hydrogens is 320 g/mol. The van der Waals surface area contributed by atoms with E-state index in [9.17, 15) is 4.79 Å². The van der Waals surface area contributed by atoms with Crippen LogP contribution in [-0.2, 0) is 4.79 Å². The number of benzene rings is 1. The second kappa shape index (κ2) is 7.83. The van der Waals surface area contributed by atoms with Crippen LogP contribution in [0, 0.1) is 13.8 Å². The summed E-state index contributed by atoms with van der Waals surface area (Å²) in [7, 11) is 0. The molecule has 1 N–H and O–H groups in total. The third-order valence-electron chi connectivity index (χ3n) is 3.72. The SMILES string of the molecule is Cc1ccc(C)c(NC(=O)CSc2nnc(C(C)C)n2C(C)C)c1. The summed E-state index contributed by atoms with van der Waals surface area (Å²) in [6.07, 6.45) is 0. The molecule has 1 heterocycles. The van der Waals surface area contributed by atoms with E-state index >= 15 is 0 Å².